The van der Waals surface area contributed by atoms with Gasteiger partial charge in [-0.2, -0.15) is 39.5 Å². The highest BCUT2D eigenvalue weighted by atomic mass is 19.4. The SMILES string of the molecule is C#CCCOC(F)(F)C(F)OC(F)(F)C(F)(F)C(F)(F)F. The number of rotatable bonds is 7. The molecule has 0 spiro atoms. The van der Waals surface area contributed by atoms with E-state index < -0.39 is 43.7 Å². The molecule has 2 nitrogen and oxygen atoms in total. The van der Waals surface area contributed by atoms with Gasteiger partial charge >= 0.3 is 24.3 Å². The Balaban J connectivity index is 4.98. The van der Waals surface area contributed by atoms with Crippen molar-refractivity contribution in [2.75, 3.05) is 6.61 Å². The van der Waals surface area contributed by atoms with Gasteiger partial charge in [0.2, 0.25) is 0 Å². The van der Waals surface area contributed by atoms with Crippen LogP contribution in [0.15, 0.2) is 0 Å². The van der Waals surface area contributed by atoms with Crippen molar-refractivity contribution in [3.05, 3.63) is 0 Å². The van der Waals surface area contributed by atoms with Crippen LogP contribution in [-0.4, -0.2) is 37.3 Å². The van der Waals surface area contributed by atoms with E-state index in [0.717, 1.165) is 0 Å². The van der Waals surface area contributed by atoms with Gasteiger partial charge in [-0.05, 0) is 0 Å². The Kier molecular flexibility index (Phi) is 5.90. The Bertz CT molecular complexity index is 383. The van der Waals surface area contributed by atoms with Crippen LogP contribution in [0, 0.1) is 12.3 Å². The zero-order valence-corrected chi connectivity index (χ0v) is 9.67. The standard InChI is InChI=1S/C9H6F10O2/c1-2-3-4-20-6(11,12)5(10)21-9(18,19)7(13,14)8(15,16)17/h1,5H,3-4H2. The molecule has 1 unspecified atom stereocenters. The minimum Gasteiger partial charge on any atom is -0.315 e. The highest BCUT2D eigenvalue weighted by molar-refractivity contribution is 4.86. The quantitative estimate of drug-likeness (QED) is 0.401. The van der Waals surface area contributed by atoms with Crippen molar-refractivity contribution in [1.29, 1.82) is 0 Å². The monoisotopic (exact) mass is 336 g/mol. The summed E-state index contributed by atoms with van der Waals surface area (Å²) < 4.78 is 128. The lowest BCUT2D eigenvalue weighted by Gasteiger charge is -2.30. The summed E-state index contributed by atoms with van der Waals surface area (Å²) in [6.07, 6.45) is -19.2. The smallest absolute Gasteiger partial charge is 0.315 e. The van der Waals surface area contributed by atoms with Crippen LogP contribution in [-0.2, 0) is 9.47 Å². The molecule has 0 saturated carbocycles. The normalized spacial score (nSPS) is 15.7. The first-order valence-corrected chi connectivity index (χ1v) is 4.78. The zero-order valence-electron chi connectivity index (χ0n) is 9.67. The van der Waals surface area contributed by atoms with Crippen LogP contribution >= 0.6 is 0 Å². The van der Waals surface area contributed by atoms with Crippen LogP contribution < -0.4 is 0 Å². The molecule has 0 saturated heterocycles. The van der Waals surface area contributed by atoms with Crippen molar-refractivity contribution in [3.8, 4) is 12.3 Å². The molecule has 0 bridgehead atoms. The summed E-state index contributed by atoms with van der Waals surface area (Å²) in [5.41, 5.74) is 0. The molecular weight excluding hydrogens is 330 g/mol. The molecular formula is C9H6F10O2. The van der Waals surface area contributed by atoms with Gasteiger partial charge in [0.1, 0.15) is 0 Å². The van der Waals surface area contributed by atoms with E-state index in [4.69, 9.17) is 0 Å². The van der Waals surface area contributed by atoms with Crippen molar-refractivity contribution in [2.45, 2.75) is 37.1 Å². The summed E-state index contributed by atoms with van der Waals surface area (Å²) in [5.74, 6) is -5.16. The third-order valence-corrected chi connectivity index (χ3v) is 1.78. The van der Waals surface area contributed by atoms with Gasteiger partial charge in [-0.15, -0.1) is 12.3 Å². The maximum absolute atomic E-state index is 12.7. The Morgan fingerprint density at radius 3 is 1.81 bits per heavy atom. The number of hydrogen-bond acceptors (Lipinski definition) is 2. The lowest BCUT2D eigenvalue weighted by atomic mass is 10.3. The fraction of sp³-hybridized carbons (Fsp3) is 0.778. The van der Waals surface area contributed by atoms with Gasteiger partial charge in [0.15, 0.2) is 0 Å². The summed E-state index contributed by atoms with van der Waals surface area (Å²) in [5, 5.41) is 0. The fourth-order valence-electron chi connectivity index (χ4n) is 0.749. The Morgan fingerprint density at radius 2 is 1.43 bits per heavy atom. The predicted molar refractivity (Wildman–Crippen MR) is 46.3 cm³/mol. The van der Waals surface area contributed by atoms with Gasteiger partial charge in [-0.1, -0.05) is 0 Å². The molecule has 1 atom stereocenters. The van der Waals surface area contributed by atoms with Crippen molar-refractivity contribution in [1.82, 2.24) is 0 Å². The fourth-order valence-corrected chi connectivity index (χ4v) is 0.749. The highest BCUT2D eigenvalue weighted by Crippen LogP contribution is 2.48. The van der Waals surface area contributed by atoms with Crippen molar-refractivity contribution in [2.24, 2.45) is 0 Å². The number of ether oxygens (including phenoxy) is 2. The van der Waals surface area contributed by atoms with Crippen LogP contribution in [0.4, 0.5) is 43.9 Å². The van der Waals surface area contributed by atoms with Crippen LogP contribution in [0.1, 0.15) is 6.42 Å². The number of halogens is 10. The average molecular weight is 336 g/mol. The summed E-state index contributed by atoms with van der Waals surface area (Å²) in [6.45, 7) is -1.07. The maximum atomic E-state index is 12.7. The van der Waals surface area contributed by atoms with Gasteiger partial charge < -0.3 is 4.74 Å². The molecule has 0 aromatic rings. The zero-order chi connectivity index (χ0) is 17.1. The predicted octanol–water partition coefficient (Wildman–Crippen LogP) is 3.72. The van der Waals surface area contributed by atoms with E-state index in [9.17, 15) is 43.9 Å². The van der Waals surface area contributed by atoms with E-state index in [1.807, 2.05) is 0 Å². The van der Waals surface area contributed by atoms with Gasteiger partial charge in [-0.25, -0.2) is 4.39 Å². The Hall–Kier alpha value is -1.22. The molecule has 0 fully saturated rings. The van der Waals surface area contributed by atoms with E-state index in [1.165, 1.54) is 0 Å². The van der Waals surface area contributed by atoms with E-state index in [-0.39, 0.29) is 0 Å². The molecule has 0 aliphatic rings. The second kappa shape index (κ2) is 6.27. The molecule has 0 heterocycles. The Labute approximate surface area is 111 Å². The first-order valence-electron chi connectivity index (χ1n) is 4.78. The first kappa shape index (κ1) is 19.8. The van der Waals surface area contributed by atoms with E-state index in [2.05, 4.69) is 15.9 Å². The van der Waals surface area contributed by atoms with Gasteiger partial charge in [0.25, 0.3) is 6.36 Å². The summed E-state index contributed by atoms with van der Waals surface area (Å²) in [6, 6.07) is 0. The van der Waals surface area contributed by atoms with Crippen molar-refractivity contribution in [3.63, 3.8) is 0 Å². The van der Waals surface area contributed by atoms with Crippen LogP contribution in [0.25, 0.3) is 0 Å². The summed E-state index contributed by atoms with van der Waals surface area (Å²) >= 11 is 0. The number of hydrogen-bond donors (Lipinski definition) is 0. The largest absolute Gasteiger partial charge is 0.462 e. The minimum absolute atomic E-state index is 0.530. The second-order valence-corrected chi connectivity index (χ2v) is 3.39. The maximum Gasteiger partial charge on any atom is 0.462 e. The third kappa shape index (κ3) is 4.63. The van der Waals surface area contributed by atoms with Crippen molar-refractivity contribution < 1.29 is 53.4 Å². The van der Waals surface area contributed by atoms with Crippen molar-refractivity contribution >= 4 is 0 Å². The van der Waals surface area contributed by atoms with E-state index in [1.54, 1.807) is 5.92 Å². The molecule has 21 heavy (non-hydrogen) atoms. The van der Waals surface area contributed by atoms with Crippen LogP contribution in [0.3, 0.4) is 0 Å². The molecule has 0 N–H and O–H groups in total. The number of terminal acetylenes is 1. The molecule has 12 heteroatoms. The molecule has 0 aliphatic heterocycles. The molecule has 0 aromatic heterocycles. The second-order valence-electron chi connectivity index (χ2n) is 3.39. The van der Waals surface area contributed by atoms with Gasteiger partial charge in [0, 0.05) is 6.42 Å². The van der Waals surface area contributed by atoms with Gasteiger partial charge in [0.05, 0.1) is 6.61 Å². The molecule has 0 rings (SSSR count). The summed E-state index contributed by atoms with van der Waals surface area (Å²) in [4.78, 5) is 0. The topological polar surface area (TPSA) is 18.5 Å². The van der Waals surface area contributed by atoms with Gasteiger partial charge in [-0.3, -0.25) is 4.74 Å². The molecule has 0 amide bonds. The lowest BCUT2D eigenvalue weighted by Crippen LogP contribution is -2.56. The average Bonchev–Trinajstić information content (AvgIpc) is 2.26. The number of alkyl halides is 10. The molecule has 0 radical (unpaired) electrons. The lowest BCUT2D eigenvalue weighted by molar-refractivity contribution is -0.465. The van der Waals surface area contributed by atoms with Crippen LogP contribution in [0.5, 0.6) is 0 Å². The first-order chi connectivity index (χ1) is 9.19. The molecule has 0 aromatic carbocycles. The highest BCUT2D eigenvalue weighted by Gasteiger charge is 2.76. The Morgan fingerprint density at radius 1 is 0.952 bits per heavy atom. The van der Waals surface area contributed by atoms with Crippen LogP contribution in [0.2, 0.25) is 0 Å². The van der Waals surface area contributed by atoms with E-state index >= 15 is 0 Å². The summed E-state index contributed by atoms with van der Waals surface area (Å²) in [7, 11) is 0. The molecule has 0 aliphatic carbocycles. The third-order valence-electron chi connectivity index (χ3n) is 1.78. The molecule has 124 valence electrons. The van der Waals surface area contributed by atoms with E-state index in [0.29, 0.717) is 0 Å². The minimum atomic E-state index is -6.89.